The van der Waals surface area contributed by atoms with Crippen LogP contribution in [-0.2, 0) is 4.79 Å². The molecule has 0 aromatic rings. The van der Waals surface area contributed by atoms with Crippen LogP contribution in [0.3, 0.4) is 0 Å². The van der Waals surface area contributed by atoms with E-state index in [1.165, 1.54) is 38.5 Å². The standard InChI is InChI=1S/C13H24N2O/c1-13(2,10-7-8-10)15-12(16)9-14-11-5-3-4-6-11/h10-11,14H,3-9H2,1-2H3,(H,15,16). The number of nitrogens with one attached hydrogen (secondary N) is 2. The summed E-state index contributed by atoms with van der Waals surface area (Å²) in [6.07, 6.45) is 7.63. The third kappa shape index (κ3) is 3.21. The second kappa shape index (κ2) is 4.74. The molecule has 0 aromatic carbocycles. The summed E-state index contributed by atoms with van der Waals surface area (Å²) in [7, 11) is 0. The first-order valence-electron chi connectivity index (χ1n) is 6.62. The van der Waals surface area contributed by atoms with Gasteiger partial charge in [0.15, 0.2) is 0 Å². The van der Waals surface area contributed by atoms with Gasteiger partial charge in [0.05, 0.1) is 6.54 Å². The van der Waals surface area contributed by atoms with E-state index in [1.54, 1.807) is 0 Å². The summed E-state index contributed by atoms with van der Waals surface area (Å²) in [4.78, 5) is 11.8. The third-order valence-electron chi connectivity index (χ3n) is 3.97. The fourth-order valence-corrected chi connectivity index (χ4v) is 2.68. The molecule has 2 fully saturated rings. The molecule has 0 radical (unpaired) electrons. The van der Waals surface area contributed by atoms with Crippen molar-refractivity contribution in [2.45, 2.75) is 64.0 Å². The van der Waals surface area contributed by atoms with Crippen LogP contribution in [0.2, 0.25) is 0 Å². The van der Waals surface area contributed by atoms with E-state index in [0.717, 1.165) is 0 Å². The molecule has 3 nitrogen and oxygen atoms in total. The van der Waals surface area contributed by atoms with Crippen molar-refractivity contribution >= 4 is 5.91 Å². The molecule has 0 spiro atoms. The SMILES string of the molecule is CC(C)(NC(=O)CNC1CCCC1)C1CC1. The molecular formula is C13H24N2O. The van der Waals surface area contributed by atoms with E-state index in [0.29, 0.717) is 18.5 Å². The second-order valence-electron chi connectivity index (χ2n) is 5.91. The Labute approximate surface area is 98.4 Å². The summed E-state index contributed by atoms with van der Waals surface area (Å²) < 4.78 is 0. The molecule has 2 aliphatic carbocycles. The van der Waals surface area contributed by atoms with Crippen LogP contribution >= 0.6 is 0 Å². The zero-order chi connectivity index (χ0) is 11.6. The highest BCUT2D eigenvalue weighted by Crippen LogP contribution is 2.39. The van der Waals surface area contributed by atoms with Gasteiger partial charge in [0, 0.05) is 11.6 Å². The highest BCUT2D eigenvalue weighted by molar-refractivity contribution is 5.78. The first kappa shape index (κ1) is 11.9. The van der Waals surface area contributed by atoms with Crippen LogP contribution in [0.25, 0.3) is 0 Å². The molecule has 2 rings (SSSR count). The van der Waals surface area contributed by atoms with Crippen LogP contribution in [0.15, 0.2) is 0 Å². The van der Waals surface area contributed by atoms with Crippen LogP contribution in [-0.4, -0.2) is 24.0 Å². The lowest BCUT2D eigenvalue weighted by atomic mass is 9.99. The fraction of sp³-hybridized carbons (Fsp3) is 0.923. The summed E-state index contributed by atoms with van der Waals surface area (Å²) >= 11 is 0. The van der Waals surface area contributed by atoms with Gasteiger partial charge in [-0.3, -0.25) is 4.79 Å². The monoisotopic (exact) mass is 224 g/mol. The number of hydrogen-bond donors (Lipinski definition) is 2. The second-order valence-corrected chi connectivity index (χ2v) is 5.91. The molecule has 0 aromatic heterocycles. The smallest absolute Gasteiger partial charge is 0.234 e. The van der Waals surface area contributed by atoms with Gasteiger partial charge in [-0.1, -0.05) is 12.8 Å². The molecule has 92 valence electrons. The Morgan fingerprint density at radius 2 is 1.81 bits per heavy atom. The Kier molecular flexibility index (Phi) is 3.53. The highest BCUT2D eigenvalue weighted by atomic mass is 16.2. The molecule has 16 heavy (non-hydrogen) atoms. The number of carbonyl (C=O) groups excluding carboxylic acids is 1. The van der Waals surface area contributed by atoms with E-state index in [4.69, 9.17) is 0 Å². The van der Waals surface area contributed by atoms with E-state index in [-0.39, 0.29) is 11.4 Å². The van der Waals surface area contributed by atoms with E-state index in [2.05, 4.69) is 24.5 Å². The predicted molar refractivity (Wildman–Crippen MR) is 65.2 cm³/mol. The Bertz CT molecular complexity index is 253. The molecular weight excluding hydrogens is 200 g/mol. The number of carbonyl (C=O) groups is 1. The molecule has 0 aliphatic heterocycles. The lowest BCUT2D eigenvalue weighted by molar-refractivity contribution is -0.122. The lowest BCUT2D eigenvalue weighted by Gasteiger charge is -2.26. The molecule has 0 unspecified atom stereocenters. The zero-order valence-electron chi connectivity index (χ0n) is 10.5. The maximum atomic E-state index is 11.8. The van der Waals surface area contributed by atoms with Gasteiger partial charge in [-0.25, -0.2) is 0 Å². The van der Waals surface area contributed by atoms with Gasteiger partial charge in [0.25, 0.3) is 0 Å². The zero-order valence-corrected chi connectivity index (χ0v) is 10.5. The Hall–Kier alpha value is -0.570. The van der Waals surface area contributed by atoms with E-state index in [1.807, 2.05) is 0 Å². The largest absolute Gasteiger partial charge is 0.350 e. The van der Waals surface area contributed by atoms with Gasteiger partial charge in [0.2, 0.25) is 5.91 Å². The van der Waals surface area contributed by atoms with Crippen molar-refractivity contribution in [2.75, 3.05) is 6.54 Å². The summed E-state index contributed by atoms with van der Waals surface area (Å²) in [6, 6.07) is 0.579. The number of hydrogen-bond acceptors (Lipinski definition) is 2. The third-order valence-corrected chi connectivity index (χ3v) is 3.97. The maximum Gasteiger partial charge on any atom is 0.234 e. The molecule has 0 heterocycles. The highest BCUT2D eigenvalue weighted by Gasteiger charge is 2.38. The predicted octanol–water partition coefficient (Wildman–Crippen LogP) is 1.82. The first-order valence-corrected chi connectivity index (χ1v) is 6.62. The quantitative estimate of drug-likeness (QED) is 0.748. The lowest BCUT2D eigenvalue weighted by Crippen LogP contribution is -2.49. The fourth-order valence-electron chi connectivity index (χ4n) is 2.68. The van der Waals surface area contributed by atoms with E-state index < -0.39 is 0 Å². The molecule has 0 saturated heterocycles. The number of amides is 1. The summed E-state index contributed by atoms with van der Waals surface area (Å²) in [6.45, 7) is 4.76. The van der Waals surface area contributed by atoms with Crippen molar-refractivity contribution in [3.05, 3.63) is 0 Å². The molecule has 1 amide bonds. The van der Waals surface area contributed by atoms with Crippen LogP contribution in [0, 0.1) is 5.92 Å². The van der Waals surface area contributed by atoms with Crippen molar-refractivity contribution in [3.63, 3.8) is 0 Å². The van der Waals surface area contributed by atoms with Crippen molar-refractivity contribution in [2.24, 2.45) is 5.92 Å². The molecule has 2 N–H and O–H groups in total. The molecule has 0 bridgehead atoms. The van der Waals surface area contributed by atoms with Gasteiger partial charge < -0.3 is 10.6 Å². The van der Waals surface area contributed by atoms with Gasteiger partial charge in [0.1, 0.15) is 0 Å². The van der Waals surface area contributed by atoms with Gasteiger partial charge in [-0.05, 0) is 45.4 Å². The summed E-state index contributed by atoms with van der Waals surface area (Å²) in [5.74, 6) is 0.853. The van der Waals surface area contributed by atoms with Gasteiger partial charge in [-0.2, -0.15) is 0 Å². The van der Waals surface area contributed by atoms with Crippen molar-refractivity contribution < 1.29 is 4.79 Å². The first-order chi connectivity index (χ1) is 7.58. The molecule has 2 aliphatic rings. The Morgan fingerprint density at radius 3 is 2.38 bits per heavy atom. The number of rotatable bonds is 5. The minimum Gasteiger partial charge on any atom is -0.350 e. The van der Waals surface area contributed by atoms with Crippen molar-refractivity contribution in [1.82, 2.24) is 10.6 Å². The van der Waals surface area contributed by atoms with Crippen LogP contribution < -0.4 is 10.6 Å². The normalized spacial score (nSPS) is 22.4. The van der Waals surface area contributed by atoms with Crippen LogP contribution in [0.4, 0.5) is 0 Å². The van der Waals surface area contributed by atoms with Crippen molar-refractivity contribution in [1.29, 1.82) is 0 Å². The summed E-state index contributed by atoms with van der Waals surface area (Å²) in [5.41, 5.74) is -0.00552. The topological polar surface area (TPSA) is 41.1 Å². The molecule has 2 saturated carbocycles. The van der Waals surface area contributed by atoms with E-state index >= 15 is 0 Å². The molecule has 3 heteroatoms. The van der Waals surface area contributed by atoms with Crippen LogP contribution in [0.1, 0.15) is 52.4 Å². The van der Waals surface area contributed by atoms with Crippen LogP contribution in [0.5, 0.6) is 0 Å². The average molecular weight is 224 g/mol. The van der Waals surface area contributed by atoms with Gasteiger partial charge in [-0.15, -0.1) is 0 Å². The molecule has 0 atom stereocenters. The maximum absolute atomic E-state index is 11.8. The van der Waals surface area contributed by atoms with Crippen molar-refractivity contribution in [3.8, 4) is 0 Å². The Morgan fingerprint density at radius 1 is 1.19 bits per heavy atom. The van der Waals surface area contributed by atoms with E-state index in [9.17, 15) is 4.79 Å². The Balaban J connectivity index is 1.67. The minimum absolute atomic E-state index is 0.00552. The minimum atomic E-state index is -0.00552. The van der Waals surface area contributed by atoms with Gasteiger partial charge >= 0.3 is 0 Å². The average Bonchev–Trinajstić information content (AvgIpc) is 2.94. The summed E-state index contributed by atoms with van der Waals surface area (Å²) in [5, 5.41) is 6.49.